The molecule has 144 valence electrons. The van der Waals surface area contributed by atoms with E-state index in [9.17, 15) is 19.2 Å². The normalized spacial score (nSPS) is 10.5. The number of fused-ring (bicyclic) bond motifs is 1. The van der Waals surface area contributed by atoms with Crippen LogP contribution < -0.4 is 11.1 Å². The molecule has 0 spiro atoms. The lowest BCUT2D eigenvalue weighted by atomic mass is 10.1. The lowest BCUT2D eigenvalue weighted by molar-refractivity contribution is -0.116. The maximum Gasteiger partial charge on any atom is 0.420 e. The van der Waals surface area contributed by atoms with E-state index in [2.05, 4.69) is 10.1 Å². The van der Waals surface area contributed by atoms with E-state index >= 15 is 0 Å². The Morgan fingerprint density at radius 1 is 1.04 bits per heavy atom. The summed E-state index contributed by atoms with van der Waals surface area (Å²) in [6.07, 6.45) is 0. The topological polar surface area (TPSA) is 117 Å². The Hall–Kier alpha value is -3.88. The Balaban J connectivity index is 1.92. The molecule has 0 atom stereocenters. The second kappa shape index (κ2) is 7.78. The van der Waals surface area contributed by atoms with Crippen LogP contribution >= 0.6 is 0 Å². The molecule has 0 radical (unpaired) electrons. The summed E-state index contributed by atoms with van der Waals surface area (Å²) in [5, 5.41) is 2.53. The molecule has 9 heteroatoms. The number of para-hydroxylation sites is 2. The van der Waals surface area contributed by atoms with Gasteiger partial charge in [-0.1, -0.05) is 12.1 Å². The Bertz CT molecular complexity index is 1130. The molecule has 3 rings (SSSR count). The SMILES string of the molecule is COC(=O)c1ccc(C(=O)OC)c(NC(=O)Cn2c(=O)oc3ccccc32)c1. The van der Waals surface area contributed by atoms with Gasteiger partial charge in [0.25, 0.3) is 0 Å². The van der Waals surface area contributed by atoms with Crippen molar-refractivity contribution in [1.82, 2.24) is 4.57 Å². The molecule has 0 saturated heterocycles. The number of anilines is 1. The third-order valence-electron chi connectivity index (χ3n) is 4.00. The Kier molecular flexibility index (Phi) is 5.25. The highest BCUT2D eigenvalue weighted by Gasteiger charge is 2.19. The van der Waals surface area contributed by atoms with E-state index in [1.807, 2.05) is 0 Å². The summed E-state index contributed by atoms with van der Waals surface area (Å²) in [7, 11) is 2.41. The van der Waals surface area contributed by atoms with Crippen LogP contribution in [0.3, 0.4) is 0 Å². The van der Waals surface area contributed by atoms with Crippen LogP contribution in [0, 0.1) is 0 Å². The van der Waals surface area contributed by atoms with Crippen molar-refractivity contribution >= 4 is 34.6 Å². The molecule has 0 fully saturated rings. The van der Waals surface area contributed by atoms with Crippen LogP contribution in [0.2, 0.25) is 0 Å². The summed E-state index contributed by atoms with van der Waals surface area (Å²) >= 11 is 0. The number of hydrogen-bond donors (Lipinski definition) is 1. The van der Waals surface area contributed by atoms with Crippen molar-refractivity contribution in [3.8, 4) is 0 Å². The molecule has 0 unspecified atom stereocenters. The van der Waals surface area contributed by atoms with Crippen LogP contribution in [0.25, 0.3) is 11.1 Å². The van der Waals surface area contributed by atoms with Gasteiger partial charge in [0.1, 0.15) is 6.54 Å². The van der Waals surface area contributed by atoms with E-state index in [-0.39, 0.29) is 23.4 Å². The number of amides is 1. The van der Waals surface area contributed by atoms with Crippen LogP contribution in [-0.2, 0) is 20.8 Å². The fourth-order valence-corrected chi connectivity index (χ4v) is 2.68. The number of rotatable bonds is 5. The average Bonchev–Trinajstić information content (AvgIpc) is 3.01. The predicted molar refractivity (Wildman–Crippen MR) is 98.2 cm³/mol. The fraction of sp³-hybridized carbons (Fsp3) is 0.158. The maximum absolute atomic E-state index is 12.5. The highest BCUT2D eigenvalue weighted by atomic mass is 16.5. The van der Waals surface area contributed by atoms with E-state index in [0.29, 0.717) is 11.1 Å². The van der Waals surface area contributed by atoms with Gasteiger partial charge >= 0.3 is 17.7 Å². The van der Waals surface area contributed by atoms with Gasteiger partial charge in [-0.25, -0.2) is 14.4 Å². The first kappa shape index (κ1) is 18.9. The van der Waals surface area contributed by atoms with Crippen molar-refractivity contribution in [3.05, 3.63) is 64.1 Å². The first-order chi connectivity index (χ1) is 13.4. The third kappa shape index (κ3) is 3.63. The molecule has 9 nitrogen and oxygen atoms in total. The molecule has 1 N–H and O–H groups in total. The summed E-state index contributed by atoms with van der Waals surface area (Å²) in [6, 6.07) is 10.7. The van der Waals surface area contributed by atoms with Gasteiger partial charge in [0.15, 0.2) is 5.58 Å². The van der Waals surface area contributed by atoms with Crippen LogP contribution in [-0.4, -0.2) is 36.6 Å². The summed E-state index contributed by atoms with van der Waals surface area (Å²) in [5.41, 5.74) is 1.05. The van der Waals surface area contributed by atoms with Crippen molar-refractivity contribution in [1.29, 1.82) is 0 Å². The number of nitrogens with one attached hydrogen (secondary N) is 1. The number of hydrogen-bond acceptors (Lipinski definition) is 7. The minimum Gasteiger partial charge on any atom is -0.465 e. The number of benzene rings is 2. The molecule has 0 bridgehead atoms. The van der Waals surface area contributed by atoms with Crippen LogP contribution in [0.15, 0.2) is 51.7 Å². The molecular weight excluding hydrogens is 368 g/mol. The molecule has 0 aliphatic carbocycles. The van der Waals surface area contributed by atoms with Crippen LogP contribution in [0.5, 0.6) is 0 Å². The first-order valence-corrected chi connectivity index (χ1v) is 8.13. The summed E-state index contributed by atoms with van der Waals surface area (Å²) in [5.74, 6) is -2.62. The lowest BCUT2D eigenvalue weighted by Crippen LogP contribution is -2.25. The summed E-state index contributed by atoms with van der Waals surface area (Å²) < 4.78 is 15.6. The van der Waals surface area contributed by atoms with Gasteiger partial charge in [0.2, 0.25) is 5.91 Å². The van der Waals surface area contributed by atoms with Crippen molar-refractivity contribution in [2.75, 3.05) is 19.5 Å². The van der Waals surface area contributed by atoms with Crippen molar-refractivity contribution in [2.45, 2.75) is 6.54 Å². The van der Waals surface area contributed by atoms with Gasteiger partial charge < -0.3 is 19.2 Å². The number of ether oxygens (including phenoxy) is 2. The molecule has 1 aromatic heterocycles. The van der Waals surface area contributed by atoms with E-state index in [1.54, 1.807) is 24.3 Å². The Morgan fingerprint density at radius 2 is 1.75 bits per heavy atom. The second-order valence-corrected chi connectivity index (χ2v) is 5.71. The van der Waals surface area contributed by atoms with Crippen molar-refractivity contribution in [3.63, 3.8) is 0 Å². The number of carbonyl (C=O) groups excluding carboxylic acids is 3. The molecular formula is C19H16N2O7. The molecule has 0 aliphatic heterocycles. The molecule has 1 amide bonds. The smallest absolute Gasteiger partial charge is 0.420 e. The fourth-order valence-electron chi connectivity index (χ4n) is 2.68. The minimum absolute atomic E-state index is 0.0490. The number of carbonyl (C=O) groups is 3. The number of methoxy groups -OCH3 is 2. The van der Waals surface area contributed by atoms with Gasteiger partial charge in [0, 0.05) is 0 Å². The third-order valence-corrected chi connectivity index (χ3v) is 4.00. The summed E-state index contributed by atoms with van der Waals surface area (Å²) in [6.45, 7) is -0.348. The van der Waals surface area contributed by atoms with Gasteiger partial charge in [-0.3, -0.25) is 9.36 Å². The lowest BCUT2D eigenvalue weighted by Gasteiger charge is -2.11. The van der Waals surface area contributed by atoms with Crippen LogP contribution in [0.1, 0.15) is 20.7 Å². The van der Waals surface area contributed by atoms with Crippen molar-refractivity contribution in [2.24, 2.45) is 0 Å². The van der Waals surface area contributed by atoms with E-state index < -0.39 is 23.6 Å². The minimum atomic E-state index is -0.697. The zero-order valence-corrected chi connectivity index (χ0v) is 15.1. The van der Waals surface area contributed by atoms with E-state index in [1.165, 1.54) is 32.4 Å². The molecule has 1 heterocycles. The van der Waals surface area contributed by atoms with E-state index in [4.69, 9.17) is 9.15 Å². The molecule has 0 saturated carbocycles. The van der Waals surface area contributed by atoms with Gasteiger partial charge in [-0.05, 0) is 30.3 Å². The van der Waals surface area contributed by atoms with Crippen molar-refractivity contribution < 1.29 is 28.3 Å². The molecule has 3 aromatic rings. The summed E-state index contributed by atoms with van der Waals surface area (Å²) in [4.78, 5) is 48.2. The number of oxazole rings is 1. The molecule has 0 aliphatic rings. The quantitative estimate of drug-likeness (QED) is 0.667. The highest BCUT2D eigenvalue weighted by molar-refractivity contribution is 6.03. The second-order valence-electron chi connectivity index (χ2n) is 5.71. The zero-order valence-electron chi connectivity index (χ0n) is 15.1. The molecule has 28 heavy (non-hydrogen) atoms. The largest absolute Gasteiger partial charge is 0.465 e. The predicted octanol–water partition coefficient (Wildman–Crippen LogP) is 1.81. The average molecular weight is 384 g/mol. The maximum atomic E-state index is 12.5. The zero-order chi connectivity index (χ0) is 20.3. The van der Waals surface area contributed by atoms with Crippen LogP contribution in [0.4, 0.5) is 5.69 Å². The highest BCUT2D eigenvalue weighted by Crippen LogP contribution is 2.20. The number of esters is 2. The molecule has 2 aromatic carbocycles. The van der Waals surface area contributed by atoms with Gasteiger partial charge in [-0.15, -0.1) is 0 Å². The standard InChI is InChI=1S/C19H16N2O7/c1-26-17(23)11-7-8-12(18(24)27-2)13(9-11)20-16(22)10-21-14-5-3-4-6-15(14)28-19(21)25/h3-9H,10H2,1-2H3,(H,20,22). The number of nitrogens with zero attached hydrogens (tertiary/aromatic N) is 1. The Labute approximate surface area is 158 Å². The van der Waals surface area contributed by atoms with Gasteiger partial charge in [0.05, 0.1) is 36.6 Å². The first-order valence-electron chi connectivity index (χ1n) is 8.13. The number of aromatic nitrogens is 1. The Morgan fingerprint density at radius 3 is 2.46 bits per heavy atom. The monoisotopic (exact) mass is 384 g/mol. The van der Waals surface area contributed by atoms with E-state index in [0.717, 1.165) is 4.57 Å². The van der Waals surface area contributed by atoms with Gasteiger partial charge in [-0.2, -0.15) is 0 Å².